The van der Waals surface area contributed by atoms with Crippen molar-refractivity contribution >= 4 is 18.0 Å². The van der Waals surface area contributed by atoms with E-state index in [2.05, 4.69) is 22.6 Å². The Balaban J connectivity index is 1.17. The smallest absolute Gasteiger partial charge is 0.407 e. The van der Waals surface area contributed by atoms with Crippen LogP contribution in [0, 0.1) is 0 Å². The second kappa shape index (κ2) is 9.01. The molecule has 0 saturated heterocycles. The maximum atomic E-state index is 12.6. The fourth-order valence-corrected chi connectivity index (χ4v) is 4.35. The highest BCUT2D eigenvalue weighted by molar-refractivity contribution is 5.94. The van der Waals surface area contributed by atoms with E-state index in [1.165, 1.54) is 11.0 Å². The maximum absolute atomic E-state index is 12.6. The first kappa shape index (κ1) is 21.7. The molecule has 9 nitrogen and oxygen atoms in total. The molecule has 2 aliphatic carbocycles. The summed E-state index contributed by atoms with van der Waals surface area (Å²) >= 11 is 0. The molecule has 5 rings (SSSR count). The molecule has 2 aromatic carbocycles. The quantitative estimate of drug-likeness (QED) is 0.527. The van der Waals surface area contributed by atoms with Crippen molar-refractivity contribution in [3.8, 4) is 11.1 Å². The summed E-state index contributed by atoms with van der Waals surface area (Å²) in [4.78, 5) is 37.3. The average Bonchev–Trinajstić information content (AvgIpc) is 3.48. The largest absolute Gasteiger partial charge is 0.480 e. The molecule has 34 heavy (non-hydrogen) atoms. The number of amides is 2. The number of hydrogen-bond donors (Lipinski definition) is 2. The molecule has 3 aromatic rings. The van der Waals surface area contributed by atoms with E-state index < -0.39 is 18.0 Å². The highest BCUT2D eigenvalue weighted by Crippen LogP contribution is 2.44. The number of carboxylic acids is 1. The number of aromatic nitrogens is 1. The van der Waals surface area contributed by atoms with E-state index in [4.69, 9.17) is 14.4 Å². The first-order valence-electron chi connectivity index (χ1n) is 11.1. The maximum Gasteiger partial charge on any atom is 0.407 e. The summed E-state index contributed by atoms with van der Waals surface area (Å²) in [6.45, 7) is -0.214. The summed E-state index contributed by atoms with van der Waals surface area (Å²) in [6.07, 6.45) is 0.928. The Morgan fingerprint density at radius 3 is 2.32 bits per heavy atom. The predicted octanol–water partition coefficient (Wildman–Crippen LogP) is 3.40. The molecule has 9 heteroatoms. The lowest BCUT2D eigenvalue weighted by atomic mass is 9.98. The summed E-state index contributed by atoms with van der Waals surface area (Å²) < 4.78 is 10.6. The number of carboxylic acid groups (broad SMARTS) is 1. The van der Waals surface area contributed by atoms with E-state index in [-0.39, 0.29) is 43.1 Å². The first-order valence-corrected chi connectivity index (χ1v) is 11.1. The fraction of sp³-hybridized carbons (Fsp3) is 0.280. The lowest BCUT2D eigenvalue weighted by Crippen LogP contribution is -2.37. The highest BCUT2D eigenvalue weighted by atomic mass is 16.5. The molecule has 2 amide bonds. The molecule has 0 atom stereocenters. The second-order valence-corrected chi connectivity index (χ2v) is 8.42. The summed E-state index contributed by atoms with van der Waals surface area (Å²) in [6, 6.07) is 17.5. The molecule has 2 N–H and O–H groups in total. The zero-order chi connectivity index (χ0) is 23.7. The number of alkyl carbamates (subject to hydrolysis) is 1. The van der Waals surface area contributed by atoms with Crippen molar-refractivity contribution < 1.29 is 28.8 Å². The molecule has 0 radical (unpaired) electrons. The van der Waals surface area contributed by atoms with Crippen molar-refractivity contribution in [3.63, 3.8) is 0 Å². The van der Waals surface area contributed by atoms with Crippen LogP contribution in [-0.2, 0) is 16.1 Å². The van der Waals surface area contributed by atoms with Crippen molar-refractivity contribution in [2.45, 2.75) is 31.3 Å². The number of nitrogens with one attached hydrogen (secondary N) is 1. The predicted molar refractivity (Wildman–Crippen MR) is 120 cm³/mol. The van der Waals surface area contributed by atoms with Gasteiger partial charge in [0.05, 0.1) is 6.54 Å². The van der Waals surface area contributed by atoms with Gasteiger partial charge < -0.3 is 24.6 Å². The normalized spacial score (nSPS) is 14.2. The molecule has 1 aromatic heterocycles. The Morgan fingerprint density at radius 1 is 1.06 bits per heavy atom. The zero-order valence-electron chi connectivity index (χ0n) is 18.3. The molecular weight excluding hydrogens is 438 g/mol. The van der Waals surface area contributed by atoms with Crippen LogP contribution in [0.15, 0.2) is 59.1 Å². The minimum atomic E-state index is -1.08. The molecule has 0 bridgehead atoms. The molecule has 1 fully saturated rings. The summed E-state index contributed by atoms with van der Waals surface area (Å²) in [5.41, 5.74) is 4.55. The number of ether oxygens (including phenoxy) is 1. The van der Waals surface area contributed by atoms with Gasteiger partial charge in [-0.15, -0.1) is 0 Å². The number of aliphatic carboxylic acids is 1. The van der Waals surface area contributed by atoms with Gasteiger partial charge in [0.2, 0.25) is 0 Å². The summed E-state index contributed by atoms with van der Waals surface area (Å²) in [7, 11) is 0. The van der Waals surface area contributed by atoms with Gasteiger partial charge in [0.1, 0.15) is 13.2 Å². The van der Waals surface area contributed by atoms with Crippen LogP contribution in [0.4, 0.5) is 4.79 Å². The van der Waals surface area contributed by atoms with E-state index >= 15 is 0 Å². The number of carbonyl (C=O) groups excluding carboxylic acids is 2. The van der Waals surface area contributed by atoms with Crippen LogP contribution in [-0.4, -0.2) is 52.3 Å². The highest BCUT2D eigenvalue weighted by Gasteiger charge is 2.35. The van der Waals surface area contributed by atoms with Crippen LogP contribution in [0.5, 0.6) is 0 Å². The van der Waals surface area contributed by atoms with Crippen LogP contribution in [0.25, 0.3) is 11.1 Å². The van der Waals surface area contributed by atoms with Crippen LogP contribution in [0.3, 0.4) is 0 Å². The lowest BCUT2D eigenvalue weighted by Gasteiger charge is -2.18. The third-order valence-corrected chi connectivity index (χ3v) is 6.08. The van der Waals surface area contributed by atoms with Gasteiger partial charge in [0.25, 0.3) is 5.91 Å². The summed E-state index contributed by atoms with van der Waals surface area (Å²) in [5.74, 6) is -1.36. The monoisotopic (exact) mass is 461 g/mol. The Bertz CT molecular complexity index is 1200. The van der Waals surface area contributed by atoms with Crippen LogP contribution >= 0.6 is 0 Å². The molecule has 0 spiro atoms. The van der Waals surface area contributed by atoms with Gasteiger partial charge in [-0.05, 0) is 35.1 Å². The third kappa shape index (κ3) is 4.36. The number of fused-ring (bicyclic) bond motifs is 3. The van der Waals surface area contributed by atoms with Crippen LogP contribution < -0.4 is 5.32 Å². The van der Waals surface area contributed by atoms with Gasteiger partial charge >= 0.3 is 12.1 Å². The molecular formula is C25H23N3O6. The SMILES string of the molecule is O=C(O)CN(C(=O)c1cc(CNC(=O)OCC2c3ccccc3-c3ccccc32)on1)C1CC1. The summed E-state index contributed by atoms with van der Waals surface area (Å²) in [5, 5.41) is 15.4. The minimum absolute atomic E-state index is 0.0116. The van der Waals surface area contributed by atoms with E-state index in [1.54, 1.807) is 0 Å². The first-order chi connectivity index (χ1) is 16.5. The average molecular weight is 461 g/mol. The molecule has 2 aliphatic rings. The van der Waals surface area contributed by atoms with Gasteiger partial charge in [-0.1, -0.05) is 53.7 Å². The van der Waals surface area contributed by atoms with Crippen LogP contribution in [0.2, 0.25) is 0 Å². The Morgan fingerprint density at radius 2 is 1.71 bits per heavy atom. The van der Waals surface area contributed by atoms with Crippen molar-refractivity contribution in [1.29, 1.82) is 0 Å². The zero-order valence-corrected chi connectivity index (χ0v) is 18.3. The lowest BCUT2D eigenvalue weighted by molar-refractivity contribution is -0.137. The van der Waals surface area contributed by atoms with Gasteiger partial charge in [0, 0.05) is 18.0 Å². The fourth-order valence-electron chi connectivity index (χ4n) is 4.35. The van der Waals surface area contributed by atoms with E-state index in [0.29, 0.717) is 0 Å². The molecule has 1 saturated carbocycles. The van der Waals surface area contributed by atoms with Gasteiger partial charge in [0.15, 0.2) is 11.5 Å². The van der Waals surface area contributed by atoms with Gasteiger partial charge in [-0.3, -0.25) is 9.59 Å². The standard InChI is InChI=1S/C25H23N3O6/c29-23(30)13-28(15-9-10-15)24(31)22-11-16(34-27-22)12-26-25(32)33-14-21-19-7-3-1-5-17(19)18-6-2-4-8-20(18)21/h1-8,11,15,21H,9-10,12-14H2,(H,26,32)(H,29,30). The van der Waals surface area contributed by atoms with E-state index in [0.717, 1.165) is 35.1 Å². The Kier molecular flexibility index (Phi) is 5.75. The topological polar surface area (TPSA) is 122 Å². The van der Waals surface area contributed by atoms with E-state index in [1.807, 2.05) is 36.4 Å². The number of rotatable bonds is 8. The van der Waals surface area contributed by atoms with Crippen molar-refractivity contribution in [3.05, 3.63) is 77.2 Å². The number of hydrogen-bond acceptors (Lipinski definition) is 6. The molecule has 0 aliphatic heterocycles. The molecule has 0 unspecified atom stereocenters. The number of nitrogens with zero attached hydrogens (tertiary/aromatic N) is 2. The van der Waals surface area contributed by atoms with Crippen molar-refractivity contribution in [1.82, 2.24) is 15.4 Å². The second-order valence-electron chi connectivity index (χ2n) is 8.42. The van der Waals surface area contributed by atoms with E-state index in [9.17, 15) is 14.4 Å². The Hall–Kier alpha value is -4.14. The van der Waals surface area contributed by atoms with Gasteiger partial charge in [-0.2, -0.15) is 0 Å². The molecule has 174 valence electrons. The number of carbonyl (C=O) groups is 3. The van der Waals surface area contributed by atoms with Crippen LogP contribution in [0.1, 0.15) is 46.1 Å². The van der Waals surface area contributed by atoms with Crippen molar-refractivity contribution in [2.75, 3.05) is 13.2 Å². The number of benzene rings is 2. The third-order valence-electron chi connectivity index (χ3n) is 6.08. The van der Waals surface area contributed by atoms with Crippen molar-refractivity contribution in [2.24, 2.45) is 0 Å². The minimum Gasteiger partial charge on any atom is -0.480 e. The molecule has 1 heterocycles. The Labute approximate surface area is 195 Å². The van der Waals surface area contributed by atoms with Gasteiger partial charge in [-0.25, -0.2) is 4.79 Å².